The maximum atomic E-state index is 12.6. The number of hydrogen-bond acceptors (Lipinski definition) is 4. The van der Waals surface area contributed by atoms with Gasteiger partial charge in [0, 0.05) is 29.1 Å². The molecule has 1 fully saturated rings. The van der Waals surface area contributed by atoms with E-state index >= 15 is 0 Å². The minimum atomic E-state index is -0.639. The Kier molecular flexibility index (Phi) is 5.14. The molecule has 6 nitrogen and oxygen atoms in total. The van der Waals surface area contributed by atoms with Crippen LogP contribution in [0.4, 0.5) is 0 Å². The lowest BCUT2D eigenvalue weighted by Gasteiger charge is -2.43. The Morgan fingerprint density at radius 1 is 1.32 bits per heavy atom. The van der Waals surface area contributed by atoms with Crippen molar-refractivity contribution in [1.82, 2.24) is 19.6 Å². The number of likely N-dealkylation sites (tertiary alicyclic amines) is 1. The van der Waals surface area contributed by atoms with Crippen molar-refractivity contribution in [3.05, 3.63) is 28.9 Å². The Bertz CT molecular complexity index is 886. The van der Waals surface area contributed by atoms with Gasteiger partial charge in [-0.3, -0.25) is 14.4 Å². The van der Waals surface area contributed by atoms with Crippen LogP contribution in [0.1, 0.15) is 45.3 Å². The molecule has 152 valence electrons. The van der Waals surface area contributed by atoms with Gasteiger partial charge in [-0.1, -0.05) is 25.4 Å². The Morgan fingerprint density at radius 3 is 2.64 bits per heavy atom. The summed E-state index contributed by atoms with van der Waals surface area (Å²) in [4.78, 5) is 16.8. The van der Waals surface area contributed by atoms with Crippen molar-refractivity contribution < 1.29 is 9.90 Å². The molecule has 0 spiro atoms. The average Bonchev–Trinajstić information content (AvgIpc) is 3.22. The van der Waals surface area contributed by atoms with Crippen molar-refractivity contribution in [2.45, 2.75) is 45.3 Å². The number of aliphatic hydroxyl groups excluding tert-OH is 1. The van der Waals surface area contributed by atoms with Gasteiger partial charge in [-0.2, -0.15) is 5.10 Å². The summed E-state index contributed by atoms with van der Waals surface area (Å²) in [5.74, 6) is 0.449. The van der Waals surface area contributed by atoms with Crippen LogP contribution >= 0.6 is 11.6 Å². The van der Waals surface area contributed by atoms with Gasteiger partial charge in [0.05, 0.1) is 23.8 Å². The van der Waals surface area contributed by atoms with Gasteiger partial charge < -0.3 is 10.0 Å². The molecule has 0 bridgehead atoms. The summed E-state index contributed by atoms with van der Waals surface area (Å²) in [5.41, 5.74) is 1.34. The summed E-state index contributed by atoms with van der Waals surface area (Å²) in [6.07, 6.45) is 2.92. The zero-order valence-corrected chi connectivity index (χ0v) is 17.6. The molecule has 2 aliphatic rings. The van der Waals surface area contributed by atoms with E-state index in [1.807, 2.05) is 27.9 Å². The first-order chi connectivity index (χ1) is 13.4. The predicted octanol–water partition coefficient (Wildman–Crippen LogP) is 3.03. The van der Waals surface area contributed by atoms with Crippen molar-refractivity contribution in [2.24, 2.45) is 5.92 Å². The molecule has 0 saturated carbocycles. The fraction of sp³-hybridized carbons (Fsp3) is 0.619. The van der Waals surface area contributed by atoms with Gasteiger partial charge in [-0.05, 0) is 50.9 Å². The summed E-state index contributed by atoms with van der Waals surface area (Å²) in [7, 11) is 0. The van der Waals surface area contributed by atoms with Gasteiger partial charge in [0.2, 0.25) is 5.91 Å². The summed E-state index contributed by atoms with van der Waals surface area (Å²) in [5, 5.41) is 17.4. The lowest BCUT2D eigenvalue weighted by Crippen LogP contribution is -2.49. The van der Waals surface area contributed by atoms with Crippen LogP contribution in [0.15, 0.2) is 18.3 Å². The molecule has 0 aliphatic carbocycles. The fourth-order valence-corrected chi connectivity index (χ4v) is 5.25. The van der Waals surface area contributed by atoms with Gasteiger partial charge in [0.25, 0.3) is 0 Å². The third kappa shape index (κ3) is 2.93. The number of likely N-dealkylation sites (N-methyl/N-ethyl adjacent to an activating group) is 1. The van der Waals surface area contributed by atoms with Crippen LogP contribution in [0.3, 0.4) is 0 Å². The number of nitrogens with zero attached hydrogens (tertiary/aromatic N) is 4. The normalized spacial score (nSPS) is 25.2. The largest absolute Gasteiger partial charge is 0.386 e. The topological polar surface area (TPSA) is 61.6 Å². The molecule has 0 radical (unpaired) electrons. The van der Waals surface area contributed by atoms with Crippen molar-refractivity contribution in [3.63, 3.8) is 0 Å². The van der Waals surface area contributed by atoms with Gasteiger partial charge >= 0.3 is 0 Å². The lowest BCUT2D eigenvalue weighted by molar-refractivity contribution is -0.134. The molecular weight excluding hydrogens is 376 g/mol. The summed E-state index contributed by atoms with van der Waals surface area (Å²) in [6.45, 7) is 9.98. The minimum Gasteiger partial charge on any atom is -0.386 e. The van der Waals surface area contributed by atoms with Crippen molar-refractivity contribution in [2.75, 3.05) is 32.7 Å². The van der Waals surface area contributed by atoms with E-state index in [4.69, 9.17) is 11.6 Å². The molecule has 28 heavy (non-hydrogen) atoms. The number of aliphatic hydroxyl groups is 1. The predicted molar refractivity (Wildman–Crippen MR) is 110 cm³/mol. The third-order valence-corrected chi connectivity index (χ3v) is 7.11. The van der Waals surface area contributed by atoms with Crippen molar-refractivity contribution >= 4 is 28.4 Å². The molecule has 7 heteroatoms. The molecule has 1 amide bonds. The number of carbonyl (C=O) groups is 1. The van der Waals surface area contributed by atoms with Gasteiger partial charge in [0.15, 0.2) is 0 Å². The standard InChI is InChI=1S/C21H29ClN4O2/c1-4-24(5-2)13-18(27)25-8-6-15(7-9-25)21(3)20(28)17-11-16(22)10-14-12-23-26(21)19(14)17/h10-12,15,20,28H,4-9,13H2,1-3H3/t20-,21?/m1/s1. The average molecular weight is 405 g/mol. The fourth-order valence-electron chi connectivity index (χ4n) is 5.02. The Labute approximate surface area is 171 Å². The second kappa shape index (κ2) is 7.32. The van der Waals surface area contributed by atoms with Crippen LogP contribution in [0, 0.1) is 5.92 Å². The SMILES string of the molecule is CCN(CC)CC(=O)N1CCC(C2(C)[C@H](O)c3cc(Cl)cc4cnn2c34)CC1. The Morgan fingerprint density at radius 2 is 2.00 bits per heavy atom. The van der Waals surface area contributed by atoms with E-state index in [9.17, 15) is 9.90 Å². The zero-order valence-electron chi connectivity index (χ0n) is 16.9. The van der Waals surface area contributed by atoms with Crippen molar-refractivity contribution in [3.8, 4) is 0 Å². The van der Waals surface area contributed by atoms with Gasteiger partial charge in [-0.25, -0.2) is 0 Å². The second-order valence-electron chi connectivity index (χ2n) is 8.23. The molecule has 2 aliphatic heterocycles. The summed E-state index contributed by atoms with van der Waals surface area (Å²) in [6, 6.07) is 3.76. The minimum absolute atomic E-state index is 0.204. The summed E-state index contributed by atoms with van der Waals surface area (Å²) < 4.78 is 2.00. The maximum Gasteiger partial charge on any atom is 0.236 e. The molecule has 1 saturated heterocycles. The molecule has 1 unspecified atom stereocenters. The molecule has 3 heterocycles. The second-order valence-corrected chi connectivity index (χ2v) is 8.67. The summed E-state index contributed by atoms with van der Waals surface area (Å²) >= 11 is 6.25. The number of aromatic nitrogens is 2. The van der Waals surface area contributed by atoms with E-state index in [1.165, 1.54) is 0 Å². The molecule has 1 aromatic carbocycles. The van der Waals surface area contributed by atoms with E-state index in [0.717, 1.165) is 55.5 Å². The van der Waals surface area contributed by atoms with Crippen LogP contribution in [0.2, 0.25) is 5.02 Å². The Balaban J connectivity index is 1.51. The number of amides is 1. The van der Waals surface area contributed by atoms with E-state index in [-0.39, 0.29) is 11.8 Å². The molecule has 1 aromatic heterocycles. The molecule has 1 N–H and O–H groups in total. The monoisotopic (exact) mass is 404 g/mol. The van der Waals surface area contributed by atoms with Crippen LogP contribution in [0.25, 0.3) is 10.9 Å². The smallest absolute Gasteiger partial charge is 0.236 e. The number of carbonyl (C=O) groups excluding carboxylic acids is 1. The van der Waals surface area contributed by atoms with E-state index in [1.54, 1.807) is 0 Å². The maximum absolute atomic E-state index is 12.6. The third-order valence-electron chi connectivity index (χ3n) is 6.89. The molecular formula is C21H29ClN4O2. The van der Waals surface area contributed by atoms with E-state index in [0.29, 0.717) is 11.6 Å². The first kappa shape index (κ1) is 19.7. The zero-order chi connectivity index (χ0) is 20.1. The lowest BCUT2D eigenvalue weighted by atomic mass is 9.75. The first-order valence-corrected chi connectivity index (χ1v) is 10.6. The highest BCUT2D eigenvalue weighted by Crippen LogP contribution is 2.51. The highest BCUT2D eigenvalue weighted by molar-refractivity contribution is 6.31. The molecule has 2 aromatic rings. The Hall–Kier alpha value is -1.63. The first-order valence-electron chi connectivity index (χ1n) is 10.3. The van der Waals surface area contributed by atoms with E-state index in [2.05, 4.69) is 30.8 Å². The van der Waals surface area contributed by atoms with Crippen LogP contribution in [-0.4, -0.2) is 63.3 Å². The van der Waals surface area contributed by atoms with Crippen molar-refractivity contribution in [1.29, 1.82) is 0 Å². The van der Waals surface area contributed by atoms with Gasteiger partial charge in [-0.15, -0.1) is 0 Å². The number of halogens is 1. The molecule has 2 atom stereocenters. The molecule has 4 rings (SSSR count). The highest BCUT2D eigenvalue weighted by atomic mass is 35.5. The highest BCUT2D eigenvalue weighted by Gasteiger charge is 2.50. The van der Waals surface area contributed by atoms with E-state index < -0.39 is 11.6 Å². The quantitative estimate of drug-likeness (QED) is 0.832. The number of piperidine rings is 1. The number of benzene rings is 1. The van der Waals surface area contributed by atoms with Gasteiger partial charge in [0.1, 0.15) is 6.10 Å². The van der Waals surface area contributed by atoms with Crippen LogP contribution < -0.4 is 0 Å². The number of hydrogen-bond donors (Lipinski definition) is 1. The number of rotatable bonds is 5. The van der Waals surface area contributed by atoms with Crippen LogP contribution in [-0.2, 0) is 10.3 Å². The van der Waals surface area contributed by atoms with Crippen LogP contribution in [0.5, 0.6) is 0 Å².